The zero-order valence-electron chi connectivity index (χ0n) is 8.45. The molecular weight excluding hydrogens is 182 g/mol. The summed E-state index contributed by atoms with van der Waals surface area (Å²) in [7, 11) is 1.62. The predicted octanol–water partition coefficient (Wildman–Crippen LogP) is -1.07. The van der Waals surface area contributed by atoms with Crippen molar-refractivity contribution >= 4 is 11.8 Å². The van der Waals surface area contributed by atoms with E-state index in [0.29, 0.717) is 0 Å². The summed E-state index contributed by atoms with van der Waals surface area (Å²) in [5, 5.41) is 3.19. The first-order valence-corrected chi connectivity index (χ1v) is 4.85. The van der Waals surface area contributed by atoms with Gasteiger partial charge in [0.15, 0.2) is 0 Å². The Hall–Kier alpha value is -1.10. The van der Waals surface area contributed by atoms with Crippen LogP contribution in [-0.4, -0.2) is 43.4 Å². The Kier molecular flexibility index (Phi) is 3.88. The summed E-state index contributed by atoms with van der Waals surface area (Å²) in [5.74, 6) is -0.374. The van der Waals surface area contributed by atoms with E-state index in [1.54, 1.807) is 7.05 Å². The number of piperidine rings is 1. The molecule has 80 valence electrons. The molecular formula is C9H17N3O2. The predicted molar refractivity (Wildman–Crippen MR) is 52.4 cm³/mol. The molecule has 1 rings (SSSR count). The van der Waals surface area contributed by atoms with Gasteiger partial charge >= 0.3 is 0 Å². The molecule has 1 aliphatic heterocycles. The molecule has 0 aromatic heterocycles. The van der Waals surface area contributed by atoms with E-state index < -0.39 is 5.91 Å². The second kappa shape index (κ2) is 4.95. The van der Waals surface area contributed by atoms with Crippen molar-refractivity contribution < 1.29 is 9.59 Å². The Labute approximate surface area is 83.6 Å². The van der Waals surface area contributed by atoms with Crippen molar-refractivity contribution in [3.63, 3.8) is 0 Å². The van der Waals surface area contributed by atoms with Crippen LogP contribution in [0.2, 0.25) is 0 Å². The van der Waals surface area contributed by atoms with Gasteiger partial charge in [-0.25, -0.2) is 0 Å². The van der Waals surface area contributed by atoms with Gasteiger partial charge in [0.2, 0.25) is 11.8 Å². The zero-order valence-corrected chi connectivity index (χ0v) is 8.45. The third-order valence-corrected chi connectivity index (χ3v) is 2.46. The van der Waals surface area contributed by atoms with Crippen molar-refractivity contribution in [1.29, 1.82) is 0 Å². The molecule has 0 atom stereocenters. The van der Waals surface area contributed by atoms with Crippen LogP contribution in [0.15, 0.2) is 0 Å². The van der Waals surface area contributed by atoms with Gasteiger partial charge in [-0.05, 0) is 25.9 Å². The average molecular weight is 199 g/mol. The number of amides is 2. The molecule has 1 fully saturated rings. The highest BCUT2D eigenvalue weighted by Gasteiger charge is 2.24. The van der Waals surface area contributed by atoms with E-state index in [-0.39, 0.29) is 18.4 Å². The number of nitrogens with zero attached hydrogens (tertiary/aromatic N) is 1. The van der Waals surface area contributed by atoms with E-state index in [4.69, 9.17) is 5.73 Å². The molecule has 1 heterocycles. The number of hydrogen-bond donors (Lipinski definition) is 2. The van der Waals surface area contributed by atoms with Crippen LogP contribution in [-0.2, 0) is 9.59 Å². The van der Waals surface area contributed by atoms with E-state index >= 15 is 0 Å². The van der Waals surface area contributed by atoms with E-state index in [9.17, 15) is 9.59 Å². The average Bonchev–Trinajstić information content (AvgIpc) is 2.17. The summed E-state index contributed by atoms with van der Waals surface area (Å²) in [5.41, 5.74) is 5.02. The Bertz CT molecular complexity index is 224. The van der Waals surface area contributed by atoms with Crippen LogP contribution >= 0.6 is 0 Å². The summed E-state index contributed by atoms with van der Waals surface area (Å²) in [6, 6.07) is 0. The van der Waals surface area contributed by atoms with Crippen molar-refractivity contribution in [1.82, 2.24) is 10.2 Å². The van der Waals surface area contributed by atoms with E-state index in [2.05, 4.69) is 5.32 Å². The molecule has 5 nitrogen and oxygen atoms in total. The Morgan fingerprint density at radius 2 is 2.00 bits per heavy atom. The van der Waals surface area contributed by atoms with Crippen LogP contribution in [0.1, 0.15) is 12.8 Å². The number of primary amides is 1. The minimum Gasteiger partial charge on any atom is -0.368 e. The molecule has 2 amide bonds. The first-order chi connectivity index (χ1) is 6.61. The Balaban J connectivity index is 2.42. The lowest BCUT2D eigenvalue weighted by Crippen LogP contribution is -2.42. The van der Waals surface area contributed by atoms with Gasteiger partial charge in [0.25, 0.3) is 0 Å². The highest BCUT2D eigenvalue weighted by molar-refractivity contribution is 5.84. The number of likely N-dealkylation sites (N-methyl/N-ethyl adjacent to an activating group) is 1. The normalized spacial score (nSPS) is 17.8. The zero-order chi connectivity index (χ0) is 10.6. The highest BCUT2D eigenvalue weighted by Crippen LogP contribution is 2.13. The van der Waals surface area contributed by atoms with Gasteiger partial charge in [-0.15, -0.1) is 0 Å². The number of hydrogen-bond acceptors (Lipinski definition) is 3. The van der Waals surface area contributed by atoms with Crippen LogP contribution in [0.25, 0.3) is 0 Å². The molecule has 0 spiro atoms. The van der Waals surface area contributed by atoms with Gasteiger partial charge in [-0.1, -0.05) is 0 Å². The quantitative estimate of drug-likeness (QED) is 0.607. The Morgan fingerprint density at radius 1 is 1.43 bits per heavy atom. The van der Waals surface area contributed by atoms with Gasteiger partial charge in [-0.3, -0.25) is 9.59 Å². The topological polar surface area (TPSA) is 75.4 Å². The lowest BCUT2D eigenvalue weighted by molar-refractivity contribution is -0.138. The van der Waals surface area contributed by atoms with Crippen LogP contribution < -0.4 is 11.1 Å². The van der Waals surface area contributed by atoms with Crippen molar-refractivity contribution in [2.75, 3.05) is 26.7 Å². The minimum absolute atomic E-state index is 0.0166. The van der Waals surface area contributed by atoms with E-state index in [1.165, 1.54) is 4.90 Å². The van der Waals surface area contributed by atoms with Gasteiger partial charge in [0.05, 0.1) is 6.54 Å². The second-order valence-corrected chi connectivity index (χ2v) is 3.68. The fourth-order valence-electron chi connectivity index (χ4n) is 1.69. The van der Waals surface area contributed by atoms with Gasteiger partial charge in [-0.2, -0.15) is 0 Å². The third kappa shape index (κ3) is 2.99. The first kappa shape index (κ1) is 11.0. The van der Waals surface area contributed by atoms with Gasteiger partial charge in [0, 0.05) is 13.0 Å². The molecule has 5 heteroatoms. The van der Waals surface area contributed by atoms with Crippen LogP contribution in [0.3, 0.4) is 0 Å². The molecule has 0 bridgehead atoms. The third-order valence-electron chi connectivity index (χ3n) is 2.46. The molecule has 0 aromatic rings. The number of nitrogens with one attached hydrogen (secondary N) is 1. The monoisotopic (exact) mass is 199 g/mol. The smallest absolute Gasteiger partial charge is 0.237 e. The number of carbonyl (C=O) groups is 2. The lowest BCUT2D eigenvalue weighted by Gasteiger charge is -2.26. The van der Waals surface area contributed by atoms with E-state index in [1.807, 2.05) is 0 Å². The summed E-state index contributed by atoms with van der Waals surface area (Å²) in [4.78, 5) is 23.8. The largest absolute Gasteiger partial charge is 0.368 e. The molecule has 14 heavy (non-hydrogen) atoms. The molecule has 0 radical (unpaired) electrons. The maximum absolute atomic E-state index is 11.7. The van der Waals surface area contributed by atoms with E-state index in [0.717, 1.165) is 25.9 Å². The SMILES string of the molecule is CN(CC(N)=O)C(=O)C1CCNCC1. The lowest BCUT2D eigenvalue weighted by atomic mass is 9.97. The summed E-state index contributed by atoms with van der Waals surface area (Å²) < 4.78 is 0. The number of rotatable bonds is 3. The molecule has 0 saturated carbocycles. The molecule has 0 aromatic carbocycles. The highest BCUT2D eigenvalue weighted by atomic mass is 16.2. The first-order valence-electron chi connectivity index (χ1n) is 4.85. The fraction of sp³-hybridized carbons (Fsp3) is 0.778. The standard InChI is InChI=1S/C9H17N3O2/c1-12(6-8(10)13)9(14)7-2-4-11-5-3-7/h7,11H,2-6H2,1H3,(H2,10,13). The Morgan fingerprint density at radius 3 is 2.50 bits per heavy atom. The van der Waals surface area contributed by atoms with Gasteiger partial charge < -0.3 is 16.0 Å². The summed E-state index contributed by atoms with van der Waals surface area (Å²) in [6.07, 6.45) is 1.70. The van der Waals surface area contributed by atoms with Crippen molar-refractivity contribution in [3.05, 3.63) is 0 Å². The molecule has 1 saturated heterocycles. The molecule has 0 unspecified atom stereocenters. The van der Waals surface area contributed by atoms with Crippen molar-refractivity contribution in [2.24, 2.45) is 11.7 Å². The van der Waals surface area contributed by atoms with Crippen LogP contribution in [0, 0.1) is 5.92 Å². The number of carbonyl (C=O) groups excluding carboxylic acids is 2. The van der Waals surface area contributed by atoms with Crippen LogP contribution in [0.5, 0.6) is 0 Å². The molecule has 1 aliphatic rings. The summed E-state index contributed by atoms with van der Waals surface area (Å²) in [6.45, 7) is 1.77. The van der Waals surface area contributed by atoms with Crippen LogP contribution in [0.4, 0.5) is 0 Å². The molecule has 3 N–H and O–H groups in total. The van der Waals surface area contributed by atoms with Crippen molar-refractivity contribution in [2.45, 2.75) is 12.8 Å². The molecule has 0 aliphatic carbocycles. The maximum Gasteiger partial charge on any atom is 0.237 e. The minimum atomic E-state index is -0.463. The summed E-state index contributed by atoms with van der Waals surface area (Å²) >= 11 is 0. The number of nitrogens with two attached hydrogens (primary N) is 1. The van der Waals surface area contributed by atoms with Crippen molar-refractivity contribution in [3.8, 4) is 0 Å². The maximum atomic E-state index is 11.7. The van der Waals surface area contributed by atoms with Gasteiger partial charge in [0.1, 0.15) is 0 Å². The fourth-order valence-corrected chi connectivity index (χ4v) is 1.69. The second-order valence-electron chi connectivity index (χ2n) is 3.68.